The highest BCUT2D eigenvalue weighted by Crippen LogP contribution is 2.25. The van der Waals surface area contributed by atoms with Crippen LogP contribution in [0.2, 0.25) is 0 Å². The number of nitrogens with zero attached hydrogens (tertiary/aromatic N) is 4. The fourth-order valence-electron chi connectivity index (χ4n) is 3.00. The summed E-state index contributed by atoms with van der Waals surface area (Å²) >= 11 is 3.65. The van der Waals surface area contributed by atoms with Crippen molar-refractivity contribution in [2.24, 2.45) is 0 Å². The molecule has 1 aromatic carbocycles. The summed E-state index contributed by atoms with van der Waals surface area (Å²) in [5.74, 6) is 0. The Morgan fingerprint density at radius 1 is 1.26 bits per heavy atom. The summed E-state index contributed by atoms with van der Waals surface area (Å²) in [4.78, 5) is 44.6. The van der Waals surface area contributed by atoms with Crippen LogP contribution in [-0.4, -0.2) is 80.2 Å². The molecule has 9 nitrogen and oxygen atoms in total. The number of amides is 3. The van der Waals surface area contributed by atoms with Crippen LogP contribution < -0.4 is 9.80 Å². The summed E-state index contributed by atoms with van der Waals surface area (Å²) in [5.41, 5.74) is 1.78. The maximum atomic E-state index is 12.1. The van der Waals surface area contributed by atoms with Gasteiger partial charge in [-0.25, -0.2) is 9.86 Å². The van der Waals surface area contributed by atoms with Gasteiger partial charge in [-0.2, -0.15) is 0 Å². The molecule has 0 aliphatic carbocycles. The van der Waals surface area contributed by atoms with Crippen molar-refractivity contribution in [3.8, 4) is 0 Å². The minimum Gasteiger partial charge on any atom is -0.441 e. The number of anilines is 2. The zero-order valence-corrected chi connectivity index (χ0v) is 15.9. The van der Waals surface area contributed by atoms with Crippen LogP contribution in [0.3, 0.4) is 0 Å². The molecule has 2 fully saturated rings. The van der Waals surface area contributed by atoms with Gasteiger partial charge in [0.1, 0.15) is 12.7 Å². The van der Waals surface area contributed by atoms with Crippen LogP contribution in [0.15, 0.2) is 24.3 Å². The number of cyclic esters (lactones) is 1. The number of rotatable bonds is 6. The van der Waals surface area contributed by atoms with Crippen molar-refractivity contribution < 1.29 is 24.0 Å². The summed E-state index contributed by atoms with van der Waals surface area (Å²) in [6.07, 6.45) is -0.0387. The topological polar surface area (TPSA) is 82.6 Å². The third-order valence-corrected chi connectivity index (χ3v) is 4.87. The second-order valence-corrected chi connectivity index (χ2v) is 6.72. The second kappa shape index (κ2) is 8.49. The molecule has 0 saturated carbocycles. The van der Waals surface area contributed by atoms with Gasteiger partial charge in [0.2, 0.25) is 6.41 Å². The van der Waals surface area contributed by atoms with Crippen LogP contribution in [0.1, 0.15) is 0 Å². The first-order chi connectivity index (χ1) is 13.0. The number of hydroxylamine groups is 2. The molecule has 0 unspecified atom stereocenters. The molecule has 2 aliphatic rings. The molecule has 0 bridgehead atoms. The van der Waals surface area contributed by atoms with E-state index in [1.807, 2.05) is 24.3 Å². The monoisotopic (exact) mass is 394 g/mol. The summed E-state index contributed by atoms with van der Waals surface area (Å²) < 4.78 is 5.28. The Morgan fingerprint density at radius 2 is 1.89 bits per heavy atom. The molecule has 0 N–H and O–H groups in total. The van der Waals surface area contributed by atoms with E-state index in [9.17, 15) is 14.4 Å². The Labute approximate surface area is 162 Å². The lowest BCUT2D eigenvalue weighted by atomic mass is 10.2. The van der Waals surface area contributed by atoms with Crippen molar-refractivity contribution in [3.05, 3.63) is 24.3 Å². The van der Waals surface area contributed by atoms with Gasteiger partial charge in [0.05, 0.1) is 6.54 Å². The van der Waals surface area contributed by atoms with Gasteiger partial charge in [0.25, 0.3) is 0 Å². The SMILES string of the molecule is CN(OC[C@@H]1CN(c2ccc(N3CCN(C=O)CC3)cc2)C(=O)O1)C(=O)S. The Kier molecular flexibility index (Phi) is 6.07. The van der Waals surface area contributed by atoms with Crippen molar-refractivity contribution in [3.63, 3.8) is 0 Å². The van der Waals surface area contributed by atoms with Crippen molar-refractivity contribution in [2.45, 2.75) is 6.10 Å². The van der Waals surface area contributed by atoms with Gasteiger partial charge in [-0.05, 0) is 24.3 Å². The Morgan fingerprint density at radius 3 is 2.48 bits per heavy atom. The maximum absolute atomic E-state index is 12.1. The molecular weight excluding hydrogens is 372 g/mol. The average Bonchev–Trinajstić information content (AvgIpc) is 3.06. The number of carbonyl (C=O) groups excluding carboxylic acids is 3. The summed E-state index contributed by atoms with van der Waals surface area (Å²) in [6, 6.07) is 7.65. The first kappa shape index (κ1) is 19.3. The van der Waals surface area contributed by atoms with E-state index in [1.165, 1.54) is 11.9 Å². The third-order valence-electron chi connectivity index (χ3n) is 4.59. The van der Waals surface area contributed by atoms with Crippen LogP contribution in [0.4, 0.5) is 21.0 Å². The molecule has 1 aromatic rings. The van der Waals surface area contributed by atoms with E-state index >= 15 is 0 Å². The lowest BCUT2D eigenvalue weighted by Gasteiger charge is -2.34. The van der Waals surface area contributed by atoms with E-state index in [4.69, 9.17) is 9.57 Å². The number of ether oxygens (including phenoxy) is 1. The largest absolute Gasteiger partial charge is 0.441 e. The van der Waals surface area contributed by atoms with Crippen LogP contribution in [0.25, 0.3) is 0 Å². The molecule has 0 aromatic heterocycles. The van der Waals surface area contributed by atoms with Crippen LogP contribution in [-0.2, 0) is 14.4 Å². The molecule has 3 rings (SSSR count). The van der Waals surface area contributed by atoms with Crippen molar-refractivity contribution >= 4 is 41.7 Å². The zero-order chi connectivity index (χ0) is 19.4. The number of piperazine rings is 1. The van der Waals surface area contributed by atoms with Gasteiger partial charge < -0.3 is 14.5 Å². The van der Waals surface area contributed by atoms with E-state index in [-0.39, 0.29) is 6.61 Å². The molecule has 2 aliphatic heterocycles. The van der Waals surface area contributed by atoms with Crippen LogP contribution >= 0.6 is 12.6 Å². The summed E-state index contributed by atoms with van der Waals surface area (Å²) in [6.45, 7) is 3.37. The smallest absolute Gasteiger partial charge is 0.414 e. The molecule has 27 heavy (non-hydrogen) atoms. The number of hydrogen-bond donors (Lipinski definition) is 1. The average molecular weight is 394 g/mol. The predicted molar refractivity (Wildman–Crippen MR) is 102 cm³/mol. The van der Waals surface area contributed by atoms with Crippen molar-refractivity contribution in [2.75, 3.05) is 56.2 Å². The Hall–Kier alpha value is -2.46. The molecule has 0 radical (unpaired) electrons. The number of carbonyl (C=O) groups is 3. The molecule has 1 atom stereocenters. The normalized spacial score (nSPS) is 19.9. The molecule has 2 saturated heterocycles. The van der Waals surface area contributed by atoms with Crippen LogP contribution in [0.5, 0.6) is 0 Å². The van der Waals surface area contributed by atoms with E-state index in [2.05, 4.69) is 17.5 Å². The molecule has 2 heterocycles. The fraction of sp³-hybridized carbons (Fsp3) is 0.471. The van der Waals surface area contributed by atoms with Gasteiger partial charge >= 0.3 is 11.3 Å². The molecule has 10 heteroatoms. The van der Waals surface area contributed by atoms with E-state index in [0.717, 1.165) is 35.9 Å². The van der Waals surface area contributed by atoms with Gasteiger partial charge in [-0.3, -0.25) is 19.3 Å². The third kappa shape index (κ3) is 4.64. The van der Waals surface area contributed by atoms with E-state index < -0.39 is 17.4 Å². The lowest BCUT2D eigenvalue weighted by molar-refractivity contribution is -0.118. The summed E-state index contributed by atoms with van der Waals surface area (Å²) in [5, 5.41) is 0.458. The highest BCUT2D eigenvalue weighted by molar-refractivity contribution is 7.96. The van der Waals surface area contributed by atoms with Crippen molar-refractivity contribution in [1.29, 1.82) is 0 Å². The number of benzene rings is 1. The van der Waals surface area contributed by atoms with Gasteiger partial charge in [0.15, 0.2) is 0 Å². The molecule has 146 valence electrons. The van der Waals surface area contributed by atoms with Crippen molar-refractivity contribution in [1.82, 2.24) is 9.96 Å². The lowest BCUT2D eigenvalue weighted by Crippen LogP contribution is -2.45. The first-order valence-corrected chi connectivity index (χ1v) is 9.04. The summed E-state index contributed by atoms with van der Waals surface area (Å²) in [7, 11) is 1.44. The first-order valence-electron chi connectivity index (χ1n) is 8.60. The predicted octanol–water partition coefficient (Wildman–Crippen LogP) is 1.20. The molecular formula is C17H22N4O5S. The quantitative estimate of drug-likeness (QED) is 0.444. The minimum atomic E-state index is -0.527. The number of hydrogen-bond acceptors (Lipinski definition) is 6. The van der Waals surface area contributed by atoms with Crippen LogP contribution in [0, 0.1) is 0 Å². The minimum absolute atomic E-state index is 0.0735. The Bertz CT molecular complexity index is 693. The second-order valence-electron chi connectivity index (χ2n) is 6.34. The number of thiol groups is 1. The van der Waals surface area contributed by atoms with Gasteiger partial charge in [0, 0.05) is 44.6 Å². The van der Waals surface area contributed by atoms with Gasteiger partial charge in [-0.1, -0.05) is 12.6 Å². The fourth-order valence-corrected chi connectivity index (χ4v) is 3.06. The van der Waals surface area contributed by atoms with E-state index in [1.54, 1.807) is 4.90 Å². The maximum Gasteiger partial charge on any atom is 0.414 e. The zero-order valence-electron chi connectivity index (χ0n) is 15.0. The molecule has 0 spiro atoms. The van der Waals surface area contributed by atoms with E-state index in [0.29, 0.717) is 19.6 Å². The molecule has 3 amide bonds. The van der Waals surface area contributed by atoms with Gasteiger partial charge in [-0.15, -0.1) is 0 Å². The highest BCUT2D eigenvalue weighted by Gasteiger charge is 2.33. The highest BCUT2D eigenvalue weighted by atomic mass is 32.1. The Balaban J connectivity index is 1.56. The standard InChI is InChI=1S/C17H22N4O5S/c1-18(17(24)27)25-11-15-10-21(16(23)26-15)14-4-2-13(3-5-14)20-8-6-19(12-22)7-9-20/h2-5,12,15H,6-11H2,1H3,(H,24,27)/t15-/m0/s1.